The summed E-state index contributed by atoms with van der Waals surface area (Å²) in [5.74, 6) is 0.427. The number of anilines is 2. The van der Waals surface area contributed by atoms with Gasteiger partial charge in [-0.2, -0.15) is 0 Å². The van der Waals surface area contributed by atoms with Crippen LogP contribution in [0.1, 0.15) is 22.3 Å². The fourth-order valence-electron chi connectivity index (χ4n) is 3.70. The lowest BCUT2D eigenvalue weighted by atomic mass is 10.1. The number of hydrogen-bond acceptors (Lipinski definition) is 7. The van der Waals surface area contributed by atoms with Gasteiger partial charge >= 0.3 is 0 Å². The monoisotopic (exact) mass is 395 g/mol. The van der Waals surface area contributed by atoms with Crippen molar-refractivity contribution in [3.05, 3.63) is 47.8 Å². The summed E-state index contributed by atoms with van der Waals surface area (Å²) in [4.78, 5) is 23.2. The summed E-state index contributed by atoms with van der Waals surface area (Å²) in [6.45, 7) is 6.72. The number of amides is 1. The molecule has 4 N–H and O–H groups in total. The average molecular weight is 396 g/mol. The fourth-order valence-corrected chi connectivity index (χ4v) is 3.70. The second-order valence-electron chi connectivity index (χ2n) is 7.54. The average Bonchev–Trinajstić information content (AvgIpc) is 3.28. The zero-order chi connectivity index (χ0) is 19.9. The van der Waals surface area contributed by atoms with Crippen molar-refractivity contribution >= 4 is 17.5 Å². The van der Waals surface area contributed by atoms with Gasteiger partial charge in [0.2, 0.25) is 5.95 Å². The van der Waals surface area contributed by atoms with Gasteiger partial charge in [0.1, 0.15) is 0 Å². The Labute approximate surface area is 171 Å². The van der Waals surface area contributed by atoms with Gasteiger partial charge in [-0.3, -0.25) is 4.79 Å². The van der Waals surface area contributed by atoms with E-state index in [9.17, 15) is 4.79 Å². The molecule has 0 aliphatic carbocycles. The van der Waals surface area contributed by atoms with Crippen LogP contribution in [-0.2, 0) is 6.42 Å². The molecule has 2 fully saturated rings. The summed E-state index contributed by atoms with van der Waals surface area (Å²) < 4.78 is 0. The van der Waals surface area contributed by atoms with Crippen LogP contribution in [0, 0.1) is 0 Å². The molecule has 1 aromatic carbocycles. The number of nitrogens with one attached hydrogen (secondary N) is 4. The Morgan fingerprint density at radius 2 is 1.83 bits per heavy atom. The first-order chi connectivity index (χ1) is 14.3. The van der Waals surface area contributed by atoms with Crippen LogP contribution in [0.2, 0.25) is 0 Å². The number of carbonyl (C=O) groups is 1. The molecule has 8 nitrogen and oxygen atoms in total. The highest BCUT2D eigenvalue weighted by molar-refractivity contribution is 5.93. The summed E-state index contributed by atoms with van der Waals surface area (Å²) >= 11 is 0. The lowest BCUT2D eigenvalue weighted by Crippen LogP contribution is -2.43. The zero-order valence-electron chi connectivity index (χ0n) is 16.7. The maximum absolute atomic E-state index is 12.2. The van der Waals surface area contributed by atoms with Crippen molar-refractivity contribution in [2.75, 3.05) is 56.0 Å². The molecule has 2 aromatic rings. The molecule has 1 unspecified atom stereocenters. The summed E-state index contributed by atoms with van der Waals surface area (Å²) in [6.07, 6.45) is 5.01. The second-order valence-corrected chi connectivity index (χ2v) is 7.54. The first kappa shape index (κ1) is 19.6. The van der Waals surface area contributed by atoms with Gasteiger partial charge in [0.05, 0.1) is 5.56 Å². The van der Waals surface area contributed by atoms with Crippen molar-refractivity contribution in [1.29, 1.82) is 0 Å². The van der Waals surface area contributed by atoms with Gasteiger partial charge in [-0.05, 0) is 37.1 Å². The maximum atomic E-state index is 12.2. The van der Waals surface area contributed by atoms with Gasteiger partial charge in [-0.25, -0.2) is 9.97 Å². The van der Waals surface area contributed by atoms with E-state index in [1.54, 1.807) is 12.4 Å². The minimum atomic E-state index is -0.116. The van der Waals surface area contributed by atoms with Crippen LogP contribution in [0.4, 0.5) is 11.6 Å². The summed E-state index contributed by atoms with van der Waals surface area (Å²) in [7, 11) is 0. The predicted octanol–water partition coefficient (Wildman–Crippen LogP) is 0.633. The minimum absolute atomic E-state index is 0.116. The molecule has 154 valence electrons. The normalized spacial score (nSPS) is 19.2. The van der Waals surface area contributed by atoms with E-state index in [4.69, 9.17) is 0 Å². The molecule has 3 heterocycles. The second kappa shape index (κ2) is 9.67. The van der Waals surface area contributed by atoms with Crippen LogP contribution in [0.25, 0.3) is 0 Å². The van der Waals surface area contributed by atoms with E-state index in [2.05, 4.69) is 60.4 Å². The van der Waals surface area contributed by atoms with Crippen molar-refractivity contribution in [1.82, 2.24) is 25.9 Å². The largest absolute Gasteiger partial charge is 0.369 e. The number of carbonyl (C=O) groups excluding carboxylic acids is 1. The van der Waals surface area contributed by atoms with Crippen molar-refractivity contribution in [3.8, 4) is 0 Å². The number of aromatic nitrogens is 2. The number of benzene rings is 1. The van der Waals surface area contributed by atoms with E-state index in [0.29, 0.717) is 11.5 Å². The lowest BCUT2D eigenvalue weighted by molar-refractivity contribution is 0.0939. The SMILES string of the molecule is O=C(NC1CCNC1)c1cnc(NCCc2ccc(N3CCNCC3)cc2)nc1. The van der Waals surface area contributed by atoms with Crippen molar-refractivity contribution in [2.45, 2.75) is 18.9 Å². The molecule has 1 aromatic heterocycles. The molecule has 1 amide bonds. The molecular weight excluding hydrogens is 366 g/mol. The third-order valence-electron chi connectivity index (χ3n) is 5.42. The van der Waals surface area contributed by atoms with E-state index in [0.717, 1.165) is 58.7 Å². The minimum Gasteiger partial charge on any atom is -0.369 e. The smallest absolute Gasteiger partial charge is 0.254 e. The van der Waals surface area contributed by atoms with Gasteiger partial charge in [-0.1, -0.05) is 12.1 Å². The predicted molar refractivity (Wildman–Crippen MR) is 114 cm³/mol. The number of piperazine rings is 1. The Morgan fingerprint density at radius 3 is 2.52 bits per heavy atom. The highest BCUT2D eigenvalue weighted by Crippen LogP contribution is 2.16. The summed E-state index contributed by atoms with van der Waals surface area (Å²) in [5.41, 5.74) is 3.05. The summed E-state index contributed by atoms with van der Waals surface area (Å²) in [5, 5.41) is 12.8. The van der Waals surface area contributed by atoms with Crippen LogP contribution in [0.5, 0.6) is 0 Å². The quantitative estimate of drug-likeness (QED) is 0.546. The molecule has 1 atom stereocenters. The Kier molecular flexibility index (Phi) is 6.53. The van der Waals surface area contributed by atoms with Crippen molar-refractivity contribution in [3.63, 3.8) is 0 Å². The highest BCUT2D eigenvalue weighted by Gasteiger charge is 2.18. The van der Waals surface area contributed by atoms with E-state index >= 15 is 0 Å². The van der Waals surface area contributed by atoms with Crippen LogP contribution in [-0.4, -0.2) is 67.7 Å². The number of hydrogen-bond donors (Lipinski definition) is 4. The summed E-state index contributed by atoms with van der Waals surface area (Å²) in [6, 6.07) is 8.96. The van der Waals surface area contributed by atoms with Crippen LogP contribution >= 0.6 is 0 Å². The molecule has 0 radical (unpaired) electrons. The first-order valence-corrected chi connectivity index (χ1v) is 10.4. The van der Waals surface area contributed by atoms with Gasteiger partial charge in [0.15, 0.2) is 0 Å². The molecule has 0 bridgehead atoms. The van der Waals surface area contributed by atoms with E-state index in [1.165, 1.54) is 11.3 Å². The molecule has 0 spiro atoms. The topological polar surface area (TPSA) is 94.2 Å². The number of rotatable bonds is 7. The molecule has 2 aliphatic rings. The van der Waals surface area contributed by atoms with Crippen LogP contribution in [0.15, 0.2) is 36.7 Å². The maximum Gasteiger partial charge on any atom is 0.254 e. The lowest BCUT2D eigenvalue weighted by Gasteiger charge is -2.29. The molecule has 2 aliphatic heterocycles. The molecule has 4 rings (SSSR count). The van der Waals surface area contributed by atoms with Gasteiger partial charge < -0.3 is 26.2 Å². The highest BCUT2D eigenvalue weighted by atomic mass is 16.1. The van der Waals surface area contributed by atoms with Gasteiger partial charge in [0, 0.05) is 63.4 Å². The standard InChI is InChI=1S/C21H29N7O/c29-20(27-18-6-7-23-15-18)17-13-25-21(26-14-17)24-8-5-16-1-3-19(4-2-16)28-11-9-22-10-12-28/h1-4,13-14,18,22-23H,5-12,15H2,(H,27,29)(H,24,25,26). The molecule has 2 saturated heterocycles. The van der Waals surface area contributed by atoms with Crippen molar-refractivity contribution in [2.24, 2.45) is 0 Å². The molecule has 8 heteroatoms. The molecule has 29 heavy (non-hydrogen) atoms. The van der Waals surface area contributed by atoms with Crippen LogP contribution in [0.3, 0.4) is 0 Å². The Balaban J connectivity index is 1.22. The first-order valence-electron chi connectivity index (χ1n) is 10.4. The third-order valence-corrected chi connectivity index (χ3v) is 5.42. The fraction of sp³-hybridized carbons (Fsp3) is 0.476. The van der Waals surface area contributed by atoms with Gasteiger partial charge in [0.25, 0.3) is 5.91 Å². The Hall–Kier alpha value is -2.71. The van der Waals surface area contributed by atoms with Gasteiger partial charge in [-0.15, -0.1) is 0 Å². The Morgan fingerprint density at radius 1 is 1.07 bits per heavy atom. The van der Waals surface area contributed by atoms with E-state index in [1.807, 2.05) is 0 Å². The Bertz CT molecular complexity index is 782. The van der Waals surface area contributed by atoms with Crippen molar-refractivity contribution < 1.29 is 4.79 Å². The van der Waals surface area contributed by atoms with Crippen LogP contribution < -0.4 is 26.2 Å². The van der Waals surface area contributed by atoms with E-state index in [-0.39, 0.29) is 11.9 Å². The zero-order valence-corrected chi connectivity index (χ0v) is 16.7. The molecule has 0 saturated carbocycles. The molecular formula is C21H29N7O. The third kappa shape index (κ3) is 5.42. The number of nitrogens with zero attached hydrogens (tertiary/aromatic N) is 3. The van der Waals surface area contributed by atoms with E-state index < -0.39 is 0 Å².